The van der Waals surface area contributed by atoms with E-state index in [0.29, 0.717) is 47.9 Å². The van der Waals surface area contributed by atoms with Crippen LogP contribution in [0.2, 0.25) is 0 Å². The Kier molecular flexibility index (Phi) is 9.86. The fourth-order valence-electron chi connectivity index (χ4n) is 7.34. The molecule has 4 aromatic rings. The van der Waals surface area contributed by atoms with Crippen molar-refractivity contribution < 1.29 is 38.4 Å². The van der Waals surface area contributed by atoms with E-state index in [1.54, 1.807) is 73.7 Å². The Morgan fingerprint density at radius 2 is 1.63 bits per heavy atom. The fraction of sp³-hybridized carbons (Fsp3) is 0.293. The van der Waals surface area contributed by atoms with Gasteiger partial charge in [0, 0.05) is 37.1 Å². The maximum absolute atomic E-state index is 14.6. The summed E-state index contributed by atoms with van der Waals surface area (Å²) < 4.78 is 23.5. The molecule has 4 unspecified atom stereocenters. The Bertz CT molecular complexity index is 1950. The monoisotopic (exact) mass is 703 g/mol. The summed E-state index contributed by atoms with van der Waals surface area (Å²) in [6.07, 6.45) is 2.50. The summed E-state index contributed by atoms with van der Waals surface area (Å²) in [7, 11) is 3.13. The molecule has 268 valence electrons. The van der Waals surface area contributed by atoms with Gasteiger partial charge >= 0.3 is 0 Å². The Hall–Kier alpha value is -5.81. The lowest BCUT2D eigenvalue weighted by Gasteiger charge is -2.36. The largest absolute Gasteiger partial charge is 0.497 e. The van der Waals surface area contributed by atoms with Crippen LogP contribution in [0, 0.1) is 0 Å². The number of hydrogen-bond acceptors (Lipinski definition) is 8. The van der Waals surface area contributed by atoms with E-state index in [9.17, 15) is 19.5 Å². The summed E-state index contributed by atoms with van der Waals surface area (Å²) in [5.41, 5.74) is 2.43. The standard InChI is InChI=1S/C41H41N3O8/c1-49-30-16-13-27(14-17-30)37(46)42-32(23-26-9-5-3-6-10-26)38(47)43-39(51-31-11-7-4-8-12-31)40(48)44-22-21-41-20-19-29(45)24-34(41)52-36-33(50-2)18-15-28(25-44)35(36)41/h3-20,29,32,34,39,45H,21-25H2,1-2H3,(H,42,46)(H,43,47)/t29?,32?,34-,39?,41?/m1/s1. The van der Waals surface area contributed by atoms with Crippen molar-refractivity contribution in [1.29, 1.82) is 0 Å². The smallest absolute Gasteiger partial charge is 0.285 e. The number of rotatable bonds is 11. The van der Waals surface area contributed by atoms with Gasteiger partial charge in [-0.3, -0.25) is 14.4 Å². The number of methoxy groups -OCH3 is 2. The third-order valence-electron chi connectivity index (χ3n) is 10.0. The Balaban J connectivity index is 1.18. The van der Waals surface area contributed by atoms with E-state index in [4.69, 9.17) is 18.9 Å². The highest BCUT2D eigenvalue weighted by molar-refractivity contribution is 5.98. The van der Waals surface area contributed by atoms with E-state index >= 15 is 0 Å². The molecule has 11 heteroatoms. The molecule has 3 aliphatic rings. The first kappa shape index (κ1) is 34.6. The van der Waals surface area contributed by atoms with Crippen molar-refractivity contribution in [1.82, 2.24) is 15.5 Å². The van der Waals surface area contributed by atoms with Crippen molar-refractivity contribution in [3.05, 3.63) is 131 Å². The number of nitrogens with zero attached hydrogens (tertiary/aromatic N) is 1. The number of benzene rings is 4. The Morgan fingerprint density at radius 3 is 2.35 bits per heavy atom. The molecule has 0 fully saturated rings. The molecule has 0 saturated carbocycles. The fourth-order valence-corrected chi connectivity index (χ4v) is 7.34. The quantitative estimate of drug-likeness (QED) is 0.155. The van der Waals surface area contributed by atoms with Gasteiger partial charge in [0.2, 0.25) is 5.91 Å². The molecule has 11 nitrogen and oxygen atoms in total. The SMILES string of the molecule is COc1ccc(C(=O)NC(Cc2ccccc2)C(=O)NC(Oc2ccccc2)C(=O)N2CCC34C=CC(O)C[C@H]3Oc3c(OC)ccc(c34)C2)cc1. The molecule has 2 aliphatic heterocycles. The van der Waals surface area contributed by atoms with Gasteiger partial charge in [-0.05, 0) is 60.0 Å². The minimum absolute atomic E-state index is 0.171. The summed E-state index contributed by atoms with van der Waals surface area (Å²) in [5, 5.41) is 16.2. The van der Waals surface area contributed by atoms with Gasteiger partial charge in [-0.15, -0.1) is 0 Å². The lowest BCUT2D eigenvalue weighted by molar-refractivity contribution is -0.144. The van der Waals surface area contributed by atoms with Crippen LogP contribution >= 0.6 is 0 Å². The number of aliphatic hydroxyl groups excluding tert-OH is 1. The van der Waals surface area contributed by atoms with Crippen molar-refractivity contribution in [2.45, 2.75) is 55.7 Å². The maximum Gasteiger partial charge on any atom is 0.285 e. The molecule has 1 aliphatic carbocycles. The van der Waals surface area contributed by atoms with Gasteiger partial charge in [-0.1, -0.05) is 66.7 Å². The second kappa shape index (κ2) is 14.8. The summed E-state index contributed by atoms with van der Waals surface area (Å²) in [5.74, 6) is 0.711. The van der Waals surface area contributed by atoms with Crippen LogP contribution < -0.4 is 29.6 Å². The number of amides is 3. The molecule has 0 aromatic heterocycles. The molecular formula is C41H41N3O8. The van der Waals surface area contributed by atoms with Gasteiger partial charge in [-0.2, -0.15) is 0 Å². The zero-order valence-corrected chi connectivity index (χ0v) is 29.0. The highest BCUT2D eigenvalue weighted by atomic mass is 16.5. The minimum atomic E-state index is -1.42. The number of hydrogen-bond donors (Lipinski definition) is 3. The van der Waals surface area contributed by atoms with E-state index in [-0.39, 0.29) is 19.1 Å². The molecule has 5 atom stereocenters. The van der Waals surface area contributed by atoms with Gasteiger partial charge in [0.05, 0.1) is 25.7 Å². The number of carbonyl (C=O) groups is 3. The summed E-state index contributed by atoms with van der Waals surface area (Å²) in [6.45, 7) is 0.549. The predicted molar refractivity (Wildman–Crippen MR) is 192 cm³/mol. The van der Waals surface area contributed by atoms with E-state index in [1.165, 1.54) is 0 Å². The van der Waals surface area contributed by atoms with Crippen molar-refractivity contribution in [3.63, 3.8) is 0 Å². The van der Waals surface area contributed by atoms with E-state index in [0.717, 1.165) is 16.7 Å². The van der Waals surface area contributed by atoms with Crippen LogP contribution in [0.15, 0.2) is 109 Å². The number of carbonyl (C=O) groups excluding carboxylic acids is 3. The molecule has 0 saturated heterocycles. The predicted octanol–water partition coefficient (Wildman–Crippen LogP) is 4.32. The van der Waals surface area contributed by atoms with Crippen molar-refractivity contribution in [2.24, 2.45) is 0 Å². The first-order valence-corrected chi connectivity index (χ1v) is 17.3. The molecule has 2 heterocycles. The molecule has 7 rings (SSSR count). The van der Waals surface area contributed by atoms with Crippen LogP contribution in [0.25, 0.3) is 0 Å². The van der Waals surface area contributed by atoms with Crippen LogP contribution in [0.1, 0.15) is 39.9 Å². The lowest BCUT2D eigenvalue weighted by Crippen LogP contribution is -2.57. The van der Waals surface area contributed by atoms with Crippen molar-refractivity contribution in [3.8, 4) is 23.0 Å². The molecular weight excluding hydrogens is 662 g/mol. The molecule has 3 N–H and O–H groups in total. The van der Waals surface area contributed by atoms with Crippen molar-refractivity contribution >= 4 is 17.7 Å². The normalized spacial score (nSPS) is 20.9. The molecule has 3 amide bonds. The second-order valence-corrected chi connectivity index (χ2v) is 13.2. The minimum Gasteiger partial charge on any atom is -0.497 e. The van der Waals surface area contributed by atoms with Crippen LogP contribution in [0.4, 0.5) is 0 Å². The summed E-state index contributed by atoms with van der Waals surface area (Å²) >= 11 is 0. The molecule has 0 radical (unpaired) electrons. The topological polar surface area (TPSA) is 136 Å². The van der Waals surface area contributed by atoms with Crippen LogP contribution in [-0.4, -0.2) is 73.0 Å². The van der Waals surface area contributed by atoms with Gasteiger partial charge in [0.25, 0.3) is 18.0 Å². The zero-order valence-electron chi connectivity index (χ0n) is 29.0. The van der Waals surface area contributed by atoms with Crippen LogP contribution in [0.5, 0.6) is 23.0 Å². The van der Waals surface area contributed by atoms with E-state index < -0.39 is 41.5 Å². The second-order valence-electron chi connectivity index (χ2n) is 13.2. The highest BCUT2D eigenvalue weighted by Gasteiger charge is 2.53. The van der Waals surface area contributed by atoms with E-state index in [2.05, 4.69) is 10.6 Å². The highest BCUT2D eigenvalue weighted by Crippen LogP contribution is 2.55. The molecule has 4 aromatic carbocycles. The van der Waals surface area contributed by atoms with Crippen molar-refractivity contribution in [2.75, 3.05) is 20.8 Å². The van der Waals surface area contributed by atoms with E-state index in [1.807, 2.05) is 54.6 Å². The van der Waals surface area contributed by atoms with Crippen LogP contribution in [0.3, 0.4) is 0 Å². The van der Waals surface area contributed by atoms with Crippen LogP contribution in [-0.2, 0) is 28.0 Å². The van der Waals surface area contributed by atoms with Gasteiger partial charge < -0.3 is 39.6 Å². The lowest BCUT2D eigenvalue weighted by atomic mass is 9.69. The average Bonchev–Trinajstić information content (AvgIpc) is 3.41. The Labute approximate surface area is 302 Å². The third-order valence-corrected chi connectivity index (χ3v) is 10.0. The number of nitrogens with one attached hydrogen (secondary N) is 2. The number of ether oxygens (including phenoxy) is 4. The first-order valence-electron chi connectivity index (χ1n) is 17.3. The van der Waals surface area contributed by atoms with Gasteiger partial charge in [0.1, 0.15) is 23.6 Å². The maximum atomic E-state index is 14.6. The zero-order chi connectivity index (χ0) is 36.2. The van der Waals surface area contributed by atoms with Gasteiger partial charge in [-0.25, -0.2) is 0 Å². The molecule has 1 spiro atoms. The molecule has 0 bridgehead atoms. The Morgan fingerprint density at radius 1 is 0.904 bits per heavy atom. The average molecular weight is 704 g/mol. The number of aliphatic hydroxyl groups is 1. The number of para-hydroxylation sites is 1. The third kappa shape index (κ3) is 6.91. The molecule has 52 heavy (non-hydrogen) atoms. The van der Waals surface area contributed by atoms with Gasteiger partial charge in [0.15, 0.2) is 11.5 Å². The summed E-state index contributed by atoms with van der Waals surface area (Å²) in [6, 6.07) is 27.4. The first-order chi connectivity index (χ1) is 25.3. The summed E-state index contributed by atoms with van der Waals surface area (Å²) in [4.78, 5) is 43.9.